The Kier molecular flexibility index (Phi) is 3.24. The molecule has 0 saturated carbocycles. The van der Waals surface area contributed by atoms with Gasteiger partial charge in [-0.25, -0.2) is 0 Å². The second-order valence-corrected chi connectivity index (χ2v) is 3.37. The fourth-order valence-corrected chi connectivity index (χ4v) is 1.44. The molecule has 1 atom stereocenters. The second-order valence-electron chi connectivity index (χ2n) is 3.37. The number of nitrogens with two attached hydrogens (primary N) is 1. The smallest absolute Gasteiger partial charge is 0.416 e. The third-order valence-corrected chi connectivity index (χ3v) is 2.23. The summed E-state index contributed by atoms with van der Waals surface area (Å²) in [5.41, 5.74) is 4.36. The lowest BCUT2D eigenvalue weighted by Gasteiger charge is -2.18. The molecule has 0 aliphatic heterocycles. The van der Waals surface area contributed by atoms with Crippen LogP contribution in [0, 0.1) is 0 Å². The zero-order valence-electron chi connectivity index (χ0n) is 8.17. The van der Waals surface area contributed by atoms with E-state index in [2.05, 4.69) is 0 Å². The molecule has 0 spiro atoms. The van der Waals surface area contributed by atoms with Gasteiger partial charge in [0.1, 0.15) is 5.75 Å². The molecule has 0 fully saturated rings. The van der Waals surface area contributed by atoms with Crippen molar-refractivity contribution in [2.24, 2.45) is 5.73 Å². The van der Waals surface area contributed by atoms with Crippen LogP contribution in [0.5, 0.6) is 5.75 Å². The van der Waals surface area contributed by atoms with Crippen molar-refractivity contribution in [1.82, 2.24) is 0 Å². The summed E-state index contributed by atoms with van der Waals surface area (Å²) in [6, 6.07) is 3.35. The zero-order chi connectivity index (χ0) is 11.6. The molecule has 84 valence electrons. The van der Waals surface area contributed by atoms with E-state index in [1.165, 1.54) is 12.1 Å². The summed E-state index contributed by atoms with van der Waals surface area (Å²) >= 11 is 0. The second kappa shape index (κ2) is 4.10. The van der Waals surface area contributed by atoms with Crippen LogP contribution in [0.1, 0.15) is 24.0 Å². The summed E-state index contributed by atoms with van der Waals surface area (Å²) in [6.45, 7) is 1.60. The first kappa shape index (κ1) is 11.8. The number of benzene rings is 1. The van der Waals surface area contributed by atoms with Crippen LogP contribution >= 0.6 is 0 Å². The van der Waals surface area contributed by atoms with Gasteiger partial charge in [-0.1, -0.05) is 13.0 Å². The van der Waals surface area contributed by atoms with Crippen LogP contribution in [0.25, 0.3) is 0 Å². The van der Waals surface area contributed by atoms with Crippen molar-refractivity contribution in [2.75, 3.05) is 6.54 Å². The van der Waals surface area contributed by atoms with E-state index in [9.17, 15) is 18.3 Å². The molecule has 0 aromatic heterocycles. The van der Waals surface area contributed by atoms with Gasteiger partial charge < -0.3 is 10.8 Å². The summed E-state index contributed by atoms with van der Waals surface area (Å²) < 4.78 is 37.7. The van der Waals surface area contributed by atoms with Crippen LogP contribution in [0.4, 0.5) is 13.2 Å². The SMILES string of the molecule is CC(CN)c1c(O)cccc1C(F)(F)F. The summed E-state index contributed by atoms with van der Waals surface area (Å²) in [6.07, 6.45) is -4.46. The van der Waals surface area contributed by atoms with Crippen LogP contribution < -0.4 is 5.73 Å². The fourth-order valence-electron chi connectivity index (χ4n) is 1.44. The first-order chi connectivity index (χ1) is 6.88. The number of aromatic hydroxyl groups is 1. The Labute approximate surface area is 85.5 Å². The quantitative estimate of drug-likeness (QED) is 0.802. The van der Waals surface area contributed by atoms with Crippen molar-refractivity contribution in [2.45, 2.75) is 19.0 Å². The standard InChI is InChI=1S/C10H12F3NO/c1-6(5-14)9-7(10(11,12)13)3-2-4-8(9)15/h2-4,6,15H,5,14H2,1H3. The minimum Gasteiger partial charge on any atom is -0.508 e. The maximum absolute atomic E-state index is 12.6. The molecule has 1 aromatic carbocycles. The molecule has 0 radical (unpaired) electrons. The van der Waals surface area contributed by atoms with E-state index in [0.717, 1.165) is 6.07 Å². The summed E-state index contributed by atoms with van der Waals surface area (Å²) in [7, 11) is 0. The van der Waals surface area contributed by atoms with E-state index in [1.54, 1.807) is 6.92 Å². The van der Waals surface area contributed by atoms with E-state index < -0.39 is 17.7 Å². The maximum atomic E-state index is 12.6. The molecular formula is C10H12F3NO. The van der Waals surface area contributed by atoms with Gasteiger partial charge in [-0.2, -0.15) is 13.2 Å². The molecule has 1 rings (SSSR count). The van der Waals surface area contributed by atoms with Crippen molar-refractivity contribution in [3.63, 3.8) is 0 Å². The van der Waals surface area contributed by atoms with E-state index >= 15 is 0 Å². The highest BCUT2D eigenvalue weighted by Gasteiger charge is 2.35. The van der Waals surface area contributed by atoms with Crippen LogP contribution in [-0.2, 0) is 6.18 Å². The van der Waals surface area contributed by atoms with Crippen molar-refractivity contribution < 1.29 is 18.3 Å². The third-order valence-electron chi connectivity index (χ3n) is 2.23. The van der Waals surface area contributed by atoms with E-state index in [4.69, 9.17) is 5.73 Å². The highest BCUT2D eigenvalue weighted by molar-refractivity contribution is 5.43. The molecule has 15 heavy (non-hydrogen) atoms. The lowest BCUT2D eigenvalue weighted by atomic mass is 9.94. The first-order valence-electron chi connectivity index (χ1n) is 4.47. The van der Waals surface area contributed by atoms with Gasteiger partial charge >= 0.3 is 6.18 Å². The Morgan fingerprint density at radius 2 is 2.00 bits per heavy atom. The van der Waals surface area contributed by atoms with Crippen LogP contribution in [0.2, 0.25) is 0 Å². The summed E-state index contributed by atoms with van der Waals surface area (Å²) in [5.74, 6) is -0.884. The molecule has 0 saturated heterocycles. The Morgan fingerprint density at radius 3 is 2.47 bits per heavy atom. The number of hydrogen-bond donors (Lipinski definition) is 2. The molecule has 0 aliphatic carbocycles. The van der Waals surface area contributed by atoms with E-state index in [0.29, 0.717) is 0 Å². The predicted molar refractivity (Wildman–Crippen MR) is 50.6 cm³/mol. The van der Waals surface area contributed by atoms with Crippen molar-refractivity contribution >= 4 is 0 Å². The third kappa shape index (κ3) is 2.41. The largest absolute Gasteiger partial charge is 0.508 e. The Hall–Kier alpha value is -1.23. The number of phenols is 1. The van der Waals surface area contributed by atoms with Gasteiger partial charge in [0.05, 0.1) is 5.56 Å². The van der Waals surface area contributed by atoms with Gasteiger partial charge in [0.15, 0.2) is 0 Å². The van der Waals surface area contributed by atoms with Crippen LogP contribution in [-0.4, -0.2) is 11.7 Å². The number of alkyl halides is 3. The maximum Gasteiger partial charge on any atom is 0.416 e. The first-order valence-corrected chi connectivity index (χ1v) is 4.47. The molecular weight excluding hydrogens is 207 g/mol. The zero-order valence-corrected chi connectivity index (χ0v) is 8.17. The monoisotopic (exact) mass is 219 g/mol. The van der Waals surface area contributed by atoms with Crippen molar-refractivity contribution in [3.8, 4) is 5.75 Å². The number of phenolic OH excluding ortho intramolecular Hbond substituents is 1. The Bertz CT molecular complexity index is 349. The van der Waals surface area contributed by atoms with Gasteiger partial charge in [-0.05, 0) is 24.6 Å². The lowest BCUT2D eigenvalue weighted by molar-refractivity contribution is -0.138. The van der Waals surface area contributed by atoms with Crippen LogP contribution in [0.3, 0.4) is 0 Å². The molecule has 2 nitrogen and oxygen atoms in total. The minimum absolute atomic E-state index is 0.0562. The molecule has 0 amide bonds. The molecule has 0 aliphatic rings. The Morgan fingerprint density at radius 1 is 1.40 bits per heavy atom. The minimum atomic E-state index is -4.46. The molecule has 1 unspecified atom stereocenters. The highest BCUT2D eigenvalue weighted by Crippen LogP contribution is 2.38. The van der Waals surface area contributed by atoms with Crippen molar-refractivity contribution in [1.29, 1.82) is 0 Å². The van der Waals surface area contributed by atoms with Gasteiger partial charge in [-0.3, -0.25) is 0 Å². The van der Waals surface area contributed by atoms with E-state index in [-0.39, 0.29) is 17.9 Å². The number of rotatable bonds is 2. The Balaban J connectivity index is 3.33. The lowest BCUT2D eigenvalue weighted by Crippen LogP contribution is -2.16. The number of halogens is 3. The molecule has 5 heteroatoms. The average molecular weight is 219 g/mol. The highest BCUT2D eigenvalue weighted by atomic mass is 19.4. The molecule has 0 heterocycles. The fraction of sp³-hybridized carbons (Fsp3) is 0.400. The molecule has 1 aromatic rings. The summed E-state index contributed by atoms with van der Waals surface area (Å²) in [4.78, 5) is 0. The number of hydrogen-bond acceptors (Lipinski definition) is 2. The van der Waals surface area contributed by atoms with Crippen molar-refractivity contribution in [3.05, 3.63) is 29.3 Å². The van der Waals surface area contributed by atoms with E-state index in [1.807, 2.05) is 0 Å². The predicted octanol–water partition coefficient (Wildman–Crippen LogP) is 2.47. The average Bonchev–Trinajstić information content (AvgIpc) is 2.15. The van der Waals surface area contributed by atoms with Gasteiger partial charge in [0.2, 0.25) is 0 Å². The topological polar surface area (TPSA) is 46.2 Å². The summed E-state index contributed by atoms with van der Waals surface area (Å²) in [5, 5.41) is 9.40. The molecule has 3 N–H and O–H groups in total. The molecule has 0 bridgehead atoms. The van der Waals surface area contributed by atoms with Gasteiger partial charge in [0, 0.05) is 5.56 Å². The van der Waals surface area contributed by atoms with Gasteiger partial charge in [-0.15, -0.1) is 0 Å². The van der Waals surface area contributed by atoms with Gasteiger partial charge in [0.25, 0.3) is 0 Å². The van der Waals surface area contributed by atoms with Crippen LogP contribution in [0.15, 0.2) is 18.2 Å². The normalized spacial score (nSPS) is 13.9.